The number of aryl methyl sites for hydroxylation is 2. The molecule has 1 unspecified atom stereocenters. The minimum atomic E-state index is -0.831. The quantitative estimate of drug-likeness (QED) is 0.921. The molecule has 114 valence electrons. The molecule has 5 heteroatoms. The molecule has 0 aliphatic carbocycles. The highest BCUT2D eigenvalue weighted by Gasteiger charge is 2.33. The minimum Gasteiger partial charge on any atom is -0.481 e. The van der Waals surface area contributed by atoms with Crippen LogP contribution in [0, 0.1) is 13.8 Å². The minimum absolute atomic E-state index is 0.0434. The van der Waals surface area contributed by atoms with E-state index in [1.807, 2.05) is 38.1 Å². The number of thiophene rings is 1. The van der Waals surface area contributed by atoms with Gasteiger partial charge in [-0.1, -0.05) is 18.2 Å². The normalized spacial score (nSPS) is 17.2. The zero-order valence-corrected chi connectivity index (χ0v) is 13.3. The van der Waals surface area contributed by atoms with E-state index >= 15 is 0 Å². The van der Waals surface area contributed by atoms with Crippen LogP contribution in [0.3, 0.4) is 0 Å². The second kappa shape index (κ2) is 5.57. The molecule has 0 spiro atoms. The molecule has 22 heavy (non-hydrogen) atoms. The third-order valence-electron chi connectivity index (χ3n) is 4.06. The van der Waals surface area contributed by atoms with Crippen LogP contribution in [0.4, 0.5) is 5.69 Å². The van der Waals surface area contributed by atoms with E-state index in [1.54, 1.807) is 22.3 Å². The third-order valence-corrected chi connectivity index (χ3v) is 5.02. The molecule has 0 bridgehead atoms. The van der Waals surface area contributed by atoms with E-state index < -0.39 is 11.9 Å². The Morgan fingerprint density at radius 1 is 1.27 bits per heavy atom. The van der Waals surface area contributed by atoms with Gasteiger partial charge in [-0.2, -0.15) is 0 Å². The molecule has 1 aliphatic rings. The zero-order valence-electron chi connectivity index (χ0n) is 12.5. The van der Waals surface area contributed by atoms with Gasteiger partial charge in [0, 0.05) is 22.0 Å². The fourth-order valence-electron chi connectivity index (χ4n) is 3.02. The third kappa shape index (κ3) is 2.41. The van der Waals surface area contributed by atoms with Crippen LogP contribution < -0.4 is 4.90 Å². The van der Waals surface area contributed by atoms with E-state index in [9.17, 15) is 14.7 Å². The average molecular weight is 315 g/mol. The topological polar surface area (TPSA) is 57.6 Å². The molecule has 4 nitrogen and oxygen atoms in total. The van der Waals surface area contributed by atoms with E-state index in [1.165, 1.54) is 0 Å². The standard InChI is InChI=1S/C17H17NO3S/c1-10-9-14(11(2)22-10)16(19)18-8-7-13(17(20)21)12-5-3-4-6-15(12)18/h3-6,9,13H,7-8H2,1-2H3,(H,20,21). The molecule has 1 aromatic heterocycles. The number of carbonyl (C=O) groups is 2. The summed E-state index contributed by atoms with van der Waals surface area (Å²) in [5.74, 6) is -1.41. The Labute approximate surface area is 133 Å². The van der Waals surface area contributed by atoms with Gasteiger partial charge < -0.3 is 10.0 Å². The number of fused-ring (bicyclic) bond motifs is 1. The summed E-state index contributed by atoms with van der Waals surface area (Å²) in [7, 11) is 0. The second-order valence-electron chi connectivity index (χ2n) is 5.52. The van der Waals surface area contributed by atoms with Crippen LogP contribution in [0.1, 0.15) is 38.0 Å². The van der Waals surface area contributed by atoms with Crippen molar-refractivity contribution in [3.8, 4) is 0 Å². The molecule has 0 fully saturated rings. The van der Waals surface area contributed by atoms with Gasteiger partial charge in [0.05, 0.1) is 11.5 Å². The number of carboxylic acids is 1. The summed E-state index contributed by atoms with van der Waals surface area (Å²) in [6, 6.07) is 9.21. The molecule has 1 aliphatic heterocycles. The number of amides is 1. The lowest BCUT2D eigenvalue weighted by atomic mass is 9.89. The van der Waals surface area contributed by atoms with Crippen LogP contribution in [0.25, 0.3) is 0 Å². The maximum atomic E-state index is 12.9. The van der Waals surface area contributed by atoms with Crippen LogP contribution >= 0.6 is 11.3 Å². The van der Waals surface area contributed by atoms with Crippen LogP contribution in [0.15, 0.2) is 30.3 Å². The Bertz CT molecular complexity index is 750. The van der Waals surface area contributed by atoms with Crippen LogP contribution in [-0.4, -0.2) is 23.5 Å². The largest absolute Gasteiger partial charge is 0.481 e. The summed E-state index contributed by atoms with van der Waals surface area (Å²) < 4.78 is 0. The fraction of sp³-hybridized carbons (Fsp3) is 0.294. The van der Waals surface area contributed by atoms with Crippen molar-refractivity contribution in [2.24, 2.45) is 0 Å². The molecule has 3 rings (SSSR count). The van der Waals surface area contributed by atoms with Gasteiger partial charge in [0.1, 0.15) is 0 Å². The second-order valence-corrected chi connectivity index (χ2v) is 6.98. The summed E-state index contributed by atoms with van der Waals surface area (Å²) in [5.41, 5.74) is 2.15. The molecule has 1 aromatic carbocycles. The van der Waals surface area contributed by atoms with Crippen molar-refractivity contribution in [3.05, 3.63) is 51.2 Å². The molecule has 1 atom stereocenters. The number of carboxylic acid groups (broad SMARTS) is 1. The predicted octanol–water partition coefficient (Wildman–Crippen LogP) is 3.58. The monoisotopic (exact) mass is 315 g/mol. The van der Waals surface area contributed by atoms with Crippen molar-refractivity contribution in [2.75, 3.05) is 11.4 Å². The molecule has 2 aromatic rings. The summed E-state index contributed by atoms with van der Waals surface area (Å²) in [4.78, 5) is 28.1. The summed E-state index contributed by atoms with van der Waals surface area (Å²) in [6.45, 7) is 4.36. The molecule has 2 heterocycles. The highest BCUT2D eigenvalue weighted by molar-refractivity contribution is 7.12. The average Bonchev–Trinajstić information content (AvgIpc) is 2.84. The van der Waals surface area contributed by atoms with Gasteiger partial charge in [0.15, 0.2) is 0 Å². The van der Waals surface area contributed by atoms with Gasteiger partial charge in [0.2, 0.25) is 0 Å². The molecular weight excluding hydrogens is 298 g/mol. The SMILES string of the molecule is Cc1cc(C(=O)N2CCC(C(=O)O)c3ccccc32)c(C)s1. The summed E-state index contributed by atoms with van der Waals surface area (Å²) in [6.07, 6.45) is 0.445. The van der Waals surface area contributed by atoms with E-state index in [4.69, 9.17) is 0 Å². The molecular formula is C17H17NO3S. The van der Waals surface area contributed by atoms with E-state index in [2.05, 4.69) is 0 Å². The lowest BCUT2D eigenvalue weighted by molar-refractivity contribution is -0.139. The van der Waals surface area contributed by atoms with Crippen molar-refractivity contribution >= 4 is 28.9 Å². The van der Waals surface area contributed by atoms with Crippen LogP contribution in [-0.2, 0) is 4.79 Å². The Kier molecular flexibility index (Phi) is 3.74. The summed E-state index contributed by atoms with van der Waals surface area (Å²) in [5, 5.41) is 9.37. The number of rotatable bonds is 2. The van der Waals surface area contributed by atoms with E-state index in [0.29, 0.717) is 18.5 Å². The number of aliphatic carboxylic acids is 1. The number of para-hydroxylation sites is 1. The Hall–Kier alpha value is -2.14. The van der Waals surface area contributed by atoms with Crippen molar-refractivity contribution < 1.29 is 14.7 Å². The number of anilines is 1. The lowest BCUT2D eigenvalue weighted by Gasteiger charge is -2.32. The molecule has 0 radical (unpaired) electrons. The van der Waals surface area contributed by atoms with E-state index in [-0.39, 0.29) is 5.91 Å². The van der Waals surface area contributed by atoms with Gasteiger partial charge in [-0.3, -0.25) is 9.59 Å². The lowest BCUT2D eigenvalue weighted by Crippen LogP contribution is -2.38. The van der Waals surface area contributed by atoms with Crippen LogP contribution in [0.2, 0.25) is 0 Å². The molecule has 1 amide bonds. The van der Waals surface area contributed by atoms with Crippen LogP contribution in [0.5, 0.6) is 0 Å². The van der Waals surface area contributed by atoms with E-state index in [0.717, 1.165) is 21.0 Å². The number of hydrogen-bond acceptors (Lipinski definition) is 3. The number of nitrogens with zero attached hydrogens (tertiary/aromatic N) is 1. The number of hydrogen-bond donors (Lipinski definition) is 1. The smallest absolute Gasteiger partial charge is 0.311 e. The van der Waals surface area contributed by atoms with Crippen molar-refractivity contribution in [1.82, 2.24) is 0 Å². The number of benzene rings is 1. The maximum absolute atomic E-state index is 12.9. The zero-order chi connectivity index (χ0) is 15.9. The fourth-order valence-corrected chi connectivity index (χ4v) is 3.93. The van der Waals surface area contributed by atoms with Crippen molar-refractivity contribution in [2.45, 2.75) is 26.2 Å². The Morgan fingerprint density at radius 2 is 2.00 bits per heavy atom. The van der Waals surface area contributed by atoms with Crippen molar-refractivity contribution in [3.63, 3.8) is 0 Å². The maximum Gasteiger partial charge on any atom is 0.311 e. The number of carbonyl (C=O) groups excluding carboxylic acids is 1. The highest BCUT2D eigenvalue weighted by Crippen LogP contribution is 2.36. The predicted molar refractivity (Wildman–Crippen MR) is 86.9 cm³/mol. The van der Waals surface area contributed by atoms with Gasteiger partial charge >= 0.3 is 5.97 Å². The molecule has 0 saturated heterocycles. The summed E-state index contributed by atoms with van der Waals surface area (Å²) >= 11 is 1.61. The molecule has 0 saturated carbocycles. The van der Waals surface area contributed by atoms with Gasteiger partial charge in [-0.25, -0.2) is 0 Å². The Morgan fingerprint density at radius 3 is 2.64 bits per heavy atom. The molecule has 1 N–H and O–H groups in total. The first-order valence-corrected chi connectivity index (χ1v) is 8.01. The first-order valence-electron chi connectivity index (χ1n) is 7.19. The van der Waals surface area contributed by atoms with Crippen molar-refractivity contribution in [1.29, 1.82) is 0 Å². The van der Waals surface area contributed by atoms with Gasteiger partial charge in [-0.05, 0) is 38.0 Å². The van der Waals surface area contributed by atoms with Gasteiger partial charge in [-0.15, -0.1) is 11.3 Å². The first kappa shape index (κ1) is 14.8. The Balaban J connectivity index is 2.02. The first-order chi connectivity index (χ1) is 10.5. The van der Waals surface area contributed by atoms with Gasteiger partial charge in [0.25, 0.3) is 5.91 Å². The highest BCUT2D eigenvalue weighted by atomic mass is 32.1.